The molecule has 11 heteroatoms. The zero-order valence-corrected chi connectivity index (χ0v) is 19.4. The molecule has 0 bridgehead atoms. The van der Waals surface area contributed by atoms with E-state index in [9.17, 15) is 18.3 Å². The van der Waals surface area contributed by atoms with Crippen LogP contribution in [0.25, 0.3) is 10.7 Å². The van der Waals surface area contributed by atoms with Crippen molar-refractivity contribution >= 4 is 38.7 Å². The average molecular weight is 474 g/mol. The van der Waals surface area contributed by atoms with Crippen molar-refractivity contribution in [1.82, 2.24) is 14.8 Å². The summed E-state index contributed by atoms with van der Waals surface area (Å²) in [6, 6.07) is 6.22. The molecule has 0 aliphatic carbocycles. The largest absolute Gasteiger partial charge is 0.476 e. The minimum absolute atomic E-state index is 0.0220. The van der Waals surface area contributed by atoms with Crippen molar-refractivity contribution in [1.29, 1.82) is 0 Å². The fraction of sp³-hybridized carbons (Fsp3) is 0.190. The average Bonchev–Trinajstić information content (AvgIpc) is 3.26. The van der Waals surface area contributed by atoms with Gasteiger partial charge in [-0.1, -0.05) is 41.7 Å². The van der Waals surface area contributed by atoms with Gasteiger partial charge in [-0.2, -0.15) is 9.78 Å². The van der Waals surface area contributed by atoms with Gasteiger partial charge in [0.2, 0.25) is 15.2 Å². The number of hydrogen-bond acceptors (Lipinski definition) is 7. The van der Waals surface area contributed by atoms with E-state index in [0.717, 1.165) is 16.7 Å². The quantitative estimate of drug-likeness (QED) is 0.445. The molecule has 2 heterocycles. The second-order valence-corrected chi connectivity index (χ2v) is 9.81. The van der Waals surface area contributed by atoms with E-state index in [4.69, 9.17) is 10.9 Å². The Kier molecular flexibility index (Phi) is 6.63. The van der Waals surface area contributed by atoms with Gasteiger partial charge in [-0.3, -0.25) is 0 Å². The number of aryl methyl sites for hydroxylation is 1. The summed E-state index contributed by atoms with van der Waals surface area (Å²) in [6.07, 6.45) is 6.04. The van der Waals surface area contributed by atoms with Gasteiger partial charge >= 0.3 is 5.97 Å². The highest BCUT2D eigenvalue weighted by Gasteiger charge is 2.22. The van der Waals surface area contributed by atoms with Crippen molar-refractivity contribution in [2.24, 2.45) is 5.14 Å². The Balaban J connectivity index is 2.11. The summed E-state index contributed by atoms with van der Waals surface area (Å²) < 4.78 is 24.5. The molecule has 5 N–H and O–H groups in total. The normalized spacial score (nSPS) is 12.6. The van der Waals surface area contributed by atoms with Gasteiger partial charge < -0.3 is 10.8 Å². The molecule has 0 aliphatic heterocycles. The minimum Gasteiger partial charge on any atom is -0.476 e. The highest BCUT2D eigenvalue weighted by Crippen LogP contribution is 2.31. The minimum atomic E-state index is -3.79. The monoisotopic (exact) mass is 473 g/mol. The van der Waals surface area contributed by atoms with Gasteiger partial charge in [0.1, 0.15) is 5.82 Å². The second-order valence-electron chi connectivity index (χ2n) is 7.07. The molecule has 3 aromatic rings. The first-order chi connectivity index (χ1) is 15.0. The number of sulfonamides is 1. The lowest BCUT2D eigenvalue weighted by molar-refractivity contribution is 0.0690. The Labute approximate surface area is 189 Å². The van der Waals surface area contributed by atoms with Crippen molar-refractivity contribution < 1.29 is 18.3 Å². The van der Waals surface area contributed by atoms with Gasteiger partial charge in [0.25, 0.3) is 0 Å². The maximum Gasteiger partial charge on any atom is 0.355 e. The number of nitrogens with two attached hydrogens (primary N) is 2. The third-order valence-electron chi connectivity index (χ3n) is 4.74. The van der Waals surface area contributed by atoms with Crippen molar-refractivity contribution in [2.45, 2.75) is 32.1 Å². The van der Waals surface area contributed by atoms with Crippen LogP contribution >= 0.6 is 11.3 Å². The standard InChI is InChI=1S/C21H23N5O4S2/c1-4-5-6-12(2)17-16(11-14-7-9-15(10-8-14)32(23,29)30)19(22)26(25-17)21-24-18(20(27)28)13(3)31-21/h4-10H,11,22H2,1-3H3,(H,27,28)(H2,23,29,30)/b5-4-,12-6+. The molecule has 9 nitrogen and oxygen atoms in total. The maximum atomic E-state index is 11.5. The summed E-state index contributed by atoms with van der Waals surface area (Å²) in [6.45, 7) is 5.47. The molecule has 0 radical (unpaired) electrons. The van der Waals surface area contributed by atoms with E-state index < -0.39 is 16.0 Å². The second kappa shape index (κ2) is 9.07. The number of carbonyl (C=O) groups is 1. The molecule has 168 valence electrons. The van der Waals surface area contributed by atoms with E-state index in [1.807, 2.05) is 32.1 Å². The number of aromatic carboxylic acids is 1. The molecule has 0 aliphatic rings. The number of rotatable bonds is 7. The Bertz CT molecular complexity index is 1330. The number of nitrogens with zero attached hydrogens (tertiary/aromatic N) is 3. The van der Waals surface area contributed by atoms with Crippen molar-refractivity contribution in [2.75, 3.05) is 5.73 Å². The van der Waals surface area contributed by atoms with Gasteiger partial charge in [0.15, 0.2) is 5.69 Å². The molecular weight excluding hydrogens is 450 g/mol. The van der Waals surface area contributed by atoms with Crippen LogP contribution in [0.2, 0.25) is 0 Å². The number of primary sulfonamides is 1. The van der Waals surface area contributed by atoms with E-state index in [0.29, 0.717) is 27.9 Å². The van der Waals surface area contributed by atoms with Crippen LogP contribution in [0.3, 0.4) is 0 Å². The number of thiazole rings is 1. The lowest BCUT2D eigenvalue weighted by Crippen LogP contribution is -2.12. The van der Waals surface area contributed by atoms with Gasteiger partial charge in [0, 0.05) is 16.9 Å². The highest BCUT2D eigenvalue weighted by molar-refractivity contribution is 7.89. The Morgan fingerprint density at radius 1 is 1.25 bits per heavy atom. The van der Waals surface area contributed by atoms with Crippen molar-refractivity contribution in [3.63, 3.8) is 0 Å². The smallest absolute Gasteiger partial charge is 0.355 e. The highest BCUT2D eigenvalue weighted by atomic mass is 32.2. The van der Waals surface area contributed by atoms with Gasteiger partial charge in [-0.15, -0.1) is 0 Å². The Morgan fingerprint density at radius 2 is 1.91 bits per heavy atom. The number of anilines is 1. The van der Waals surface area contributed by atoms with Crippen LogP contribution in [0.15, 0.2) is 47.4 Å². The molecule has 1 aromatic carbocycles. The van der Waals surface area contributed by atoms with E-state index >= 15 is 0 Å². The molecule has 32 heavy (non-hydrogen) atoms. The van der Waals surface area contributed by atoms with Crippen LogP contribution in [-0.2, 0) is 16.4 Å². The third kappa shape index (κ3) is 4.79. The predicted molar refractivity (Wildman–Crippen MR) is 124 cm³/mol. The molecule has 0 fully saturated rings. The third-order valence-corrected chi connectivity index (χ3v) is 6.61. The summed E-state index contributed by atoms with van der Waals surface area (Å²) in [5, 5.41) is 19.5. The van der Waals surface area contributed by atoms with Crippen LogP contribution < -0.4 is 10.9 Å². The zero-order valence-electron chi connectivity index (χ0n) is 17.7. The van der Waals surface area contributed by atoms with E-state index in [1.165, 1.54) is 28.2 Å². The number of hydrogen-bond donors (Lipinski definition) is 3. The molecule has 0 saturated heterocycles. The number of carboxylic acid groups (broad SMARTS) is 1. The molecular formula is C21H23N5O4S2. The van der Waals surface area contributed by atoms with E-state index in [-0.39, 0.29) is 10.6 Å². The van der Waals surface area contributed by atoms with Crippen LogP contribution in [0.5, 0.6) is 0 Å². The maximum absolute atomic E-state index is 11.5. The first-order valence-corrected chi connectivity index (χ1v) is 11.9. The number of carboxylic acids is 1. The fourth-order valence-corrected chi connectivity index (χ4v) is 4.47. The number of aromatic nitrogens is 3. The summed E-state index contributed by atoms with van der Waals surface area (Å²) in [5.74, 6) is -0.787. The summed E-state index contributed by atoms with van der Waals surface area (Å²) in [5.41, 5.74) is 9.43. The van der Waals surface area contributed by atoms with Crippen molar-refractivity contribution in [3.05, 3.63) is 69.9 Å². The molecule has 2 aromatic heterocycles. The molecule has 0 spiro atoms. The molecule has 0 amide bonds. The Morgan fingerprint density at radius 3 is 2.44 bits per heavy atom. The summed E-state index contributed by atoms with van der Waals surface area (Å²) >= 11 is 1.19. The van der Waals surface area contributed by atoms with Crippen molar-refractivity contribution in [3.8, 4) is 5.13 Å². The topological polar surface area (TPSA) is 154 Å². The van der Waals surface area contributed by atoms with Gasteiger partial charge in [-0.25, -0.2) is 23.3 Å². The lowest BCUT2D eigenvalue weighted by atomic mass is 10.0. The number of allylic oxidation sites excluding steroid dienone is 4. The van der Waals surface area contributed by atoms with E-state index in [1.54, 1.807) is 19.1 Å². The predicted octanol–water partition coefficient (Wildman–Crippen LogP) is 3.14. The Hall–Kier alpha value is -3.28. The molecule has 0 saturated carbocycles. The summed E-state index contributed by atoms with van der Waals surface area (Å²) in [7, 11) is -3.79. The summed E-state index contributed by atoms with van der Waals surface area (Å²) in [4.78, 5) is 16.2. The zero-order chi connectivity index (χ0) is 23.6. The molecule has 0 atom stereocenters. The van der Waals surface area contributed by atoms with Gasteiger partial charge in [-0.05, 0) is 44.0 Å². The molecule has 0 unspecified atom stereocenters. The number of nitrogen functional groups attached to an aromatic ring is 1. The fourth-order valence-electron chi connectivity index (χ4n) is 3.09. The van der Waals surface area contributed by atoms with Crippen LogP contribution in [0, 0.1) is 6.92 Å². The number of benzene rings is 1. The van der Waals surface area contributed by atoms with Crippen LogP contribution in [-0.4, -0.2) is 34.3 Å². The first kappa shape index (κ1) is 23.4. The van der Waals surface area contributed by atoms with Gasteiger partial charge in [0.05, 0.1) is 10.6 Å². The first-order valence-electron chi connectivity index (χ1n) is 9.53. The van der Waals surface area contributed by atoms with Crippen LogP contribution in [0.4, 0.5) is 5.82 Å². The SMILES string of the molecule is C/C=C\C=C(/C)c1nn(-c2nc(C(=O)O)c(C)s2)c(N)c1Cc1ccc(S(N)(=O)=O)cc1. The molecule has 3 rings (SSSR count). The van der Waals surface area contributed by atoms with Crippen LogP contribution in [0.1, 0.15) is 46.0 Å². The van der Waals surface area contributed by atoms with E-state index in [2.05, 4.69) is 10.1 Å². The lowest BCUT2D eigenvalue weighted by Gasteiger charge is -2.06.